The SMILES string of the molecule is CC(C)CCC(=O)N1CCN(c2nn3cc(C(C)(C)C)nc3s2)CC1. The Hall–Kier alpha value is -1.63. The van der Waals surface area contributed by atoms with Gasteiger partial charge in [0.1, 0.15) is 0 Å². The molecule has 25 heavy (non-hydrogen) atoms. The van der Waals surface area contributed by atoms with Gasteiger partial charge in [-0.25, -0.2) is 9.50 Å². The maximum atomic E-state index is 12.3. The van der Waals surface area contributed by atoms with Crippen LogP contribution in [0.5, 0.6) is 0 Å². The van der Waals surface area contributed by atoms with Crippen molar-refractivity contribution in [2.75, 3.05) is 31.1 Å². The van der Waals surface area contributed by atoms with E-state index in [1.54, 1.807) is 11.3 Å². The fourth-order valence-electron chi connectivity index (χ4n) is 2.90. The van der Waals surface area contributed by atoms with E-state index in [9.17, 15) is 4.79 Å². The summed E-state index contributed by atoms with van der Waals surface area (Å²) in [6.07, 6.45) is 3.66. The fraction of sp³-hybridized carbons (Fsp3) is 0.722. The lowest BCUT2D eigenvalue weighted by molar-refractivity contribution is -0.131. The largest absolute Gasteiger partial charge is 0.343 e. The number of anilines is 1. The molecule has 1 aliphatic heterocycles. The van der Waals surface area contributed by atoms with Crippen LogP contribution in [0.4, 0.5) is 5.13 Å². The van der Waals surface area contributed by atoms with Gasteiger partial charge >= 0.3 is 0 Å². The van der Waals surface area contributed by atoms with E-state index in [4.69, 9.17) is 10.1 Å². The molecule has 2 aromatic rings. The molecule has 0 radical (unpaired) electrons. The quantitative estimate of drug-likeness (QED) is 0.837. The Kier molecular flexibility index (Phi) is 5.04. The van der Waals surface area contributed by atoms with Crippen molar-refractivity contribution in [1.29, 1.82) is 0 Å². The molecule has 3 heterocycles. The second kappa shape index (κ2) is 6.94. The summed E-state index contributed by atoms with van der Waals surface area (Å²) >= 11 is 1.63. The first-order chi connectivity index (χ1) is 11.7. The molecule has 7 heteroatoms. The molecule has 6 nitrogen and oxygen atoms in total. The number of aromatic nitrogens is 3. The lowest BCUT2D eigenvalue weighted by Gasteiger charge is -2.34. The Bertz CT molecular complexity index is 703. The van der Waals surface area contributed by atoms with Crippen molar-refractivity contribution < 1.29 is 4.79 Å². The van der Waals surface area contributed by atoms with E-state index in [2.05, 4.69) is 39.5 Å². The Morgan fingerprint density at radius 1 is 1.24 bits per heavy atom. The summed E-state index contributed by atoms with van der Waals surface area (Å²) in [6, 6.07) is 0. The average Bonchev–Trinajstić information content (AvgIpc) is 3.11. The van der Waals surface area contributed by atoms with Crippen LogP contribution in [0.1, 0.15) is 53.2 Å². The highest BCUT2D eigenvalue weighted by atomic mass is 32.1. The number of fused-ring (bicyclic) bond motifs is 1. The first-order valence-electron chi connectivity index (χ1n) is 9.13. The molecule has 138 valence electrons. The lowest BCUT2D eigenvalue weighted by Crippen LogP contribution is -2.48. The van der Waals surface area contributed by atoms with Crippen molar-refractivity contribution in [1.82, 2.24) is 19.5 Å². The van der Waals surface area contributed by atoms with Crippen LogP contribution < -0.4 is 4.90 Å². The van der Waals surface area contributed by atoms with Gasteiger partial charge in [0.25, 0.3) is 0 Å². The first kappa shape index (κ1) is 18.2. The predicted molar refractivity (Wildman–Crippen MR) is 102 cm³/mol. The smallest absolute Gasteiger partial charge is 0.222 e. The van der Waals surface area contributed by atoms with Crippen LogP contribution in [0.2, 0.25) is 0 Å². The van der Waals surface area contributed by atoms with E-state index in [1.807, 2.05) is 15.6 Å². The third-order valence-electron chi connectivity index (χ3n) is 4.64. The molecule has 0 atom stereocenters. The second-order valence-corrected chi connectivity index (χ2v) is 9.22. The molecule has 1 amide bonds. The highest BCUT2D eigenvalue weighted by molar-refractivity contribution is 7.20. The van der Waals surface area contributed by atoms with E-state index >= 15 is 0 Å². The zero-order chi connectivity index (χ0) is 18.2. The number of amides is 1. The first-order valence-corrected chi connectivity index (χ1v) is 9.95. The maximum Gasteiger partial charge on any atom is 0.222 e. The molecule has 0 unspecified atom stereocenters. The molecule has 1 aliphatic rings. The minimum absolute atomic E-state index is 0.0373. The summed E-state index contributed by atoms with van der Waals surface area (Å²) in [5, 5.41) is 5.69. The zero-order valence-corrected chi connectivity index (χ0v) is 16.8. The van der Waals surface area contributed by atoms with E-state index in [-0.39, 0.29) is 11.3 Å². The van der Waals surface area contributed by atoms with Gasteiger partial charge in [0.05, 0.1) is 11.9 Å². The third kappa shape index (κ3) is 4.14. The molecule has 0 aromatic carbocycles. The van der Waals surface area contributed by atoms with Gasteiger partial charge in [-0.05, 0) is 12.3 Å². The highest BCUT2D eigenvalue weighted by Gasteiger charge is 2.24. The van der Waals surface area contributed by atoms with Crippen molar-refractivity contribution in [3.05, 3.63) is 11.9 Å². The van der Waals surface area contributed by atoms with E-state index in [0.29, 0.717) is 12.3 Å². The monoisotopic (exact) mass is 363 g/mol. The standard InChI is InChI=1S/C18H29N5OS/c1-13(2)6-7-15(24)21-8-10-22(11-9-21)17-20-23-12-14(18(3,4)5)19-16(23)25-17/h12-13H,6-11H2,1-5H3. The molecular formula is C18H29N5OS. The molecule has 0 saturated carbocycles. The van der Waals surface area contributed by atoms with E-state index < -0.39 is 0 Å². The summed E-state index contributed by atoms with van der Waals surface area (Å²) in [5.74, 6) is 0.867. The molecule has 2 aromatic heterocycles. The summed E-state index contributed by atoms with van der Waals surface area (Å²) in [4.78, 5) is 22.2. The number of hydrogen-bond donors (Lipinski definition) is 0. The molecule has 1 saturated heterocycles. The van der Waals surface area contributed by atoms with Gasteiger partial charge in [0.15, 0.2) is 0 Å². The van der Waals surface area contributed by atoms with E-state index in [1.165, 1.54) is 0 Å². The van der Waals surface area contributed by atoms with Gasteiger partial charge in [0, 0.05) is 38.0 Å². The molecule has 0 N–H and O–H groups in total. The molecule has 0 aliphatic carbocycles. The van der Waals surface area contributed by atoms with Gasteiger partial charge in [0.2, 0.25) is 16.0 Å². The van der Waals surface area contributed by atoms with Crippen LogP contribution in [0.25, 0.3) is 4.96 Å². The Labute approximate surface area is 153 Å². The zero-order valence-electron chi connectivity index (χ0n) is 15.9. The number of carbonyl (C=O) groups excluding carboxylic acids is 1. The van der Waals surface area contributed by atoms with Crippen LogP contribution in [-0.4, -0.2) is 51.6 Å². The summed E-state index contributed by atoms with van der Waals surface area (Å²) in [7, 11) is 0. The van der Waals surface area contributed by atoms with Crippen molar-refractivity contribution in [2.45, 2.75) is 52.9 Å². The van der Waals surface area contributed by atoms with Crippen LogP contribution in [0, 0.1) is 5.92 Å². The van der Waals surface area contributed by atoms with Gasteiger partial charge in [-0.15, -0.1) is 5.10 Å². The summed E-state index contributed by atoms with van der Waals surface area (Å²) in [6.45, 7) is 14.1. The summed E-state index contributed by atoms with van der Waals surface area (Å²) < 4.78 is 1.89. The molecule has 3 rings (SSSR count). The minimum Gasteiger partial charge on any atom is -0.343 e. The lowest BCUT2D eigenvalue weighted by atomic mass is 9.93. The Morgan fingerprint density at radius 3 is 2.48 bits per heavy atom. The van der Waals surface area contributed by atoms with Crippen molar-refractivity contribution >= 4 is 27.3 Å². The fourth-order valence-corrected chi connectivity index (χ4v) is 3.83. The van der Waals surface area contributed by atoms with E-state index in [0.717, 1.165) is 48.4 Å². The second-order valence-electron chi connectivity index (χ2n) is 8.29. The molecule has 1 fully saturated rings. The van der Waals surface area contributed by atoms with Crippen LogP contribution in [0.15, 0.2) is 6.20 Å². The number of nitrogens with zero attached hydrogens (tertiary/aromatic N) is 5. The number of carbonyl (C=O) groups is 1. The van der Waals surface area contributed by atoms with Gasteiger partial charge < -0.3 is 9.80 Å². The van der Waals surface area contributed by atoms with Gasteiger partial charge in [-0.1, -0.05) is 46.0 Å². The van der Waals surface area contributed by atoms with Crippen LogP contribution in [0.3, 0.4) is 0 Å². The normalized spacial score (nSPS) is 16.2. The predicted octanol–water partition coefficient (Wildman–Crippen LogP) is 3.17. The number of rotatable bonds is 4. The molecular weight excluding hydrogens is 334 g/mol. The van der Waals surface area contributed by atoms with Crippen molar-refractivity contribution in [2.24, 2.45) is 5.92 Å². The number of piperazine rings is 1. The topological polar surface area (TPSA) is 53.7 Å². The van der Waals surface area contributed by atoms with Gasteiger partial charge in [-0.3, -0.25) is 4.79 Å². The third-order valence-corrected chi connectivity index (χ3v) is 5.62. The number of imidazole rings is 1. The Balaban J connectivity index is 1.60. The molecule has 0 bridgehead atoms. The average molecular weight is 364 g/mol. The molecule has 0 spiro atoms. The van der Waals surface area contributed by atoms with Crippen molar-refractivity contribution in [3.8, 4) is 0 Å². The number of hydrogen-bond acceptors (Lipinski definition) is 5. The highest BCUT2D eigenvalue weighted by Crippen LogP contribution is 2.28. The summed E-state index contributed by atoms with van der Waals surface area (Å²) in [5.41, 5.74) is 1.11. The van der Waals surface area contributed by atoms with Crippen LogP contribution >= 0.6 is 11.3 Å². The van der Waals surface area contributed by atoms with Gasteiger partial charge in [-0.2, -0.15) is 0 Å². The van der Waals surface area contributed by atoms with Crippen LogP contribution in [-0.2, 0) is 10.2 Å². The minimum atomic E-state index is 0.0373. The Morgan fingerprint density at radius 2 is 1.92 bits per heavy atom. The van der Waals surface area contributed by atoms with Crippen molar-refractivity contribution in [3.63, 3.8) is 0 Å². The maximum absolute atomic E-state index is 12.3.